The predicted octanol–water partition coefficient (Wildman–Crippen LogP) is 3.87. The number of rotatable bonds is 3. The van der Waals surface area contributed by atoms with Gasteiger partial charge in [-0.05, 0) is 48.6 Å². The van der Waals surface area contributed by atoms with Crippen LogP contribution in [0.5, 0.6) is 0 Å². The summed E-state index contributed by atoms with van der Waals surface area (Å²) in [6.07, 6.45) is 0. The van der Waals surface area contributed by atoms with E-state index in [0.29, 0.717) is 16.1 Å². The molecule has 0 atom stereocenters. The van der Waals surface area contributed by atoms with Crippen LogP contribution in [0, 0.1) is 13.8 Å². The number of fused-ring (bicyclic) bond motifs is 1. The molecular formula is C18H16N2O2S. The minimum absolute atomic E-state index is 0.236. The number of anilines is 1. The number of nitrogens with two attached hydrogens (primary N) is 1. The second-order valence-electron chi connectivity index (χ2n) is 5.47. The molecule has 0 saturated heterocycles. The second kappa shape index (κ2) is 5.85. The standard InChI is InChI=1S/C18H16N2O2S/c1-10-7-11(2)16(13(8-10)17(19)21)20-18(22)15-9-12-5-3-4-6-14(12)23-15/h3-9H,1-2H3,(H2,19,21)(H,20,22). The Morgan fingerprint density at radius 1 is 1.09 bits per heavy atom. The van der Waals surface area contributed by atoms with Crippen LogP contribution >= 0.6 is 11.3 Å². The summed E-state index contributed by atoms with van der Waals surface area (Å²) in [6, 6.07) is 13.3. The number of primary amides is 1. The maximum atomic E-state index is 12.5. The van der Waals surface area contributed by atoms with E-state index in [1.807, 2.05) is 50.2 Å². The highest BCUT2D eigenvalue weighted by molar-refractivity contribution is 7.20. The van der Waals surface area contributed by atoms with Gasteiger partial charge >= 0.3 is 0 Å². The Labute approximate surface area is 137 Å². The number of hydrogen-bond donors (Lipinski definition) is 2. The molecule has 116 valence electrons. The summed E-state index contributed by atoms with van der Waals surface area (Å²) in [5, 5.41) is 3.86. The van der Waals surface area contributed by atoms with Gasteiger partial charge < -0.3 is 11.1 Å². The topological polar surface area (TPSA) is 72.2 Å². The van der Waals surface area contributed by atoms with E-state index in [1.165, 1.54) is 11.3 Å². The third-order valence-electron chi connectivity index (χ3n) is 3.63. The lowest BCUT2D eigenvalue weighted by atomic mass is 10.0. The summed E-state index contributed by atoms with van der Waals surface area (Å²) in [5.74, 6) is -0.788. The molecule has 3 rings (SSSR count). The van der Waals surface area contributed by atoms with Crippen molar-refractivity contribution in [1.29, 1.82) is 0 Å². The van der Waals surface area contributed by atoms with E-state index >= 15 is 0 Å². The first-order valence-electron chi connectivity index (χ1n) is 7.16. The highest BCUT2D eigenvalue weighted by Crippen LogP contribution is 2.28. The molecule has 3 N–H and O–H groups in total. The zero-order valence-corrected chi connectivity index (χ0v) is 13.7. The molecule has 5 heteroatoms. The highest BCUT2D eigenvalue weighted by atomic mass is 32.1. The number of carbonyl (C=O) groups excluding carboxylic acids is 2. The molecule has 1 heterocycles. The molecule has 0 radical (unpaired) electrons. The van der Waals surface area contributed by atoms with E-state index in [2.05, 4.69) is 5.32 Å². The largest absolute Gasteiger partial charge is 0.366 e. The molecule has 0 unspecified atom stereocenters. The quantitative estimate of drug-likeness (QED) is 0.767. The minimum Gasteiger partial charge on any atom is -0.366 e. The number of carbonyl (C=O) groups is 2. The normalized spacial score (nSPS) is 10.7. The summed E-state index contributed by atoms with van der Waals surface area (Å²) in [5.41, 5.74) is 7.99. The zero-order chi connectivity index (χ0) is 16.6. The van der Waals surface area contributed by atoms with Crippen molar-refractivity contribution in [2.75, 3.05) is 5.32 Å². The van der Waals surface area contributed by atoms with Crippen LogP contribution in [0.2, 0.25) is 0 Å². The van der Waals surface area contributed by atoms with Crippen molar-refractivity contribution < 1.29 is 9.59 Å². The number of thiophene rings is 1. The Kier molecular flexibility index (Phi) is 3.88. The first-order valence-corrected chi connectivity index (χ1v) is 7.98. The lowest BCUT2D eigenvalue weighted by Gasteiger charge is -2.12. The van der Waals surface area contributed by atoms with Crippen molar-refractivity contribution in [2.24, 2.45) is 5.73 Å². The van der Waals surface area contributed by atoms with Gasteiger partial charge in [0, 0.05) is 4.70 Å². The Morgan fingerprint density at radius 2 is 1.83 bits per heavy atom. The number of nitrogens with one attached hydrogen (secondary N) is 1. The van der Waals surface area contributed by atoms with E-state index in [0.717, 1.165) is 21.2 Å². The molecule has 0 saturated carbocycles. The maximum absolute atomic E-state index is 12.5. The van der Waals surface area contributed by atoms with Crippen molar-refractivity contribution in [1.82, 2.24) is 0 Å². The first-order chi connectivity index (χ1) is 11.0. The average molecular weight is 324 g/mol. The van der Waals surface area contributed by atoms with E-state index in [9.17, 15) is 9.59 Å². The second-order valence-corrected chi connectivity index (χ2v) is 6.56. The number of hydrogen-bond acceptors (Lipinski definition) is 3. The van der Waals surface area contributed by atoms with E-state index in [4.69, 9.17) is 5.73 Å². The minimum atomic E-state index is -0.552. The molecule has 0 bridgehead atoms. The van der Waals surface area contributed by atoms with Gasteiger partial charge in [-0.15, -0.1) is 11.3 Å². The van der Waals surface area contributed by atoms with Crippen molar-refractivity contribution >= 4 is 38.9 Å². The van der Waals surface area contributed by atoms with Crippen LogP contribution in [0.3, 0.4) is 0 Å². The van der Waals surface area contributed by atoms with Gasteiger partial charge in [0.05, 0.1) is 16.1 Å². The van der Waals surface area contributed by atoms with Crippen molar-refractivity contribution in [3.05, 3.63) is 64.0 Å². The fourth-order valence-electron chi connectivity index (χ4n) is 2.60. The van der Waals surface area contributed by atoms with E-state index in [-0.39, 0.29) is 5.91 Å². The number of amides is 2. The maximum Gasteiger partial charge on any atom is 0.265 e. The Hall–Kier alpha value is -2.66. The molecule has 0 aliphatic carbocycles. The summed E-state index contributed by atoms with van der Waals surface area (Å²) < 4.78 is 1.05. The first kappa shape index (κ1) is 15.2. The Balaban J connectivity index is 1.98. The molecule has 4 nitrogen and oxygen atoms in total. The van der Waals surface area contributed by atoms with Gasteiger partial charge in [-0.3, -0.25) is 9.59 Å². The zero-order valence-electron chi connectivity index (χ0n) is 12.8. The molecule has 3 aromatic rings. The fraction of sp³-hybridized carbons (Fsp3) is 0.111. The number of benzene rings is 2. The third-order valence-corrected chi connectivity index (χ3v) is 4.75. The molecule has 1 aromatic heterocycles. The summed E-state index contributed by atoms with van der Waals surface area (Å²) in [4.78, 5) is 24.8. The highest BCUT2D eigenvalue weighted by Gasteiger charge is 2.17. The van der Waals surface area contributed by atoms with Gasteiger partial charge in [-0.2, -0.15) is 0 Å². The average Bonchev–Trinajstić information content (AvgIpc) is 2.93. The Morgan fingerprint density at radius 3 is 2.52 bits per heavy atom. The van der Waals surface area contributed by atoms with Crippen molar-refractivity contribution in [2.45, 2.75) is 13.8 Å². The van der Waals surface area contributed by atoms with Gasteiger partial charge in [0.15, 0.2) is 0 Å². The van der Waals surface area contributed by atoms with E-state index in [1.54, 1.807) is 6.07 Å². The molecule has 0 aliphatic heterocycles. The molecule has 0 aliphatic rings. The summed E-state index contributed by atoms with van der Waals surface area (Å²) >= 11 is 1.42. The monoisotopic (exact) mass is 324 g/mol. The molecule has 0 fully saturated rings. The van der Waals surface area contributed by atoms with Crippen LogP contribution in [-0.2, 0) is 0 Å². The smallest absolute Gasteiger partial charge is 0.265 e. The molecule has 2 aromatic carbocycles. The lowest BCUT2D eigenvalue weighted by molar-refractivity contribution is 0.100. The van der Waals surface area contributed by atoms with Gasteiger partial charge in [0.1, 0.15) is 0 Å². The Bertz CT molecular complexity index is 895. The van der Waals surface area contributed by atoms with Crippen LogP contribution < -0.4 is 11.1 Å². The molecule has 23 heavy (non-hydrogen) atoms. The van der Waals surface area contributed by atoms with Gasteiger partial charge in [0.25, 0.3) is 11.8 Å². The van der Waals surface area contributed by atoms with Crippen LogP contribution in [0.25, 0.3) is 10.1 Å². The SMILES string of the molecule is Cc1cc(C)c(NC(=O)c2cc3ccccc3s2)c(C(N)=O)c1. The van der Waals surface area contributed by atoms with Gasteiger partial charge in [0.2, 0.25) is 0 Å². The third kappa shape index (κ3) is 2.96. The lowest BCUT2D eigenvalue weighted by Crippen LogP contribution is -2.19. The van der Waals surface area contributed by atoms with Crippen LogP contribution in [0.15, 0.2) is 42.5 Å². The van der Waals surface area contributed by atoms with Crippen molar-refractivity contribution in [3.63, 3.8) is 0 Å². The van der Waals surface area contributed by atoms with E-state index < -0.39 is 5.91 Å². The predicted molar refractivity (Wildman–Crippen MR) is 94.2 cm³/mol. The van der Waals surface area contributed by atoms with Gasteiger partial charge in [-0.1, -0.05) is 24.3 Å². The summed E-state index contributed by atoms with van der Waals surface area (Å²) in [6.45, 7) is 3.73. The molecular weight excluding hydrogens is 308 g/mol. The molecule has 0 spiro atoms. The number of aryl methyl sites for hydroxylation is 2. The van der Waals surface area contributed by atoms with Gasteiger partial charge in [-0.25, -0.2) is 0 Å². The summed E-state index contributed by atoms with van der Waals surface area (Å²) in [7, 11) is 0. The van der Waals surface area contributed by atoms with Crippen LogP contribution in [0.4, 0.5) is 5.69 Å². The fourth-order valence-corrected chi connectivity index (χ4v) is 3.55. The van der Waals surface area contributed by atoms with Crippen LogP contribution in [0.1, 0.15) is 31.2 Å². The van der Waals surface area contributed by atoms with Crippen LogP contribution in [-0.4, -0.2) is 11.8 Å². The van der Waals surface area contributed by atoms with Crippen molar-refractivity contribution in [3.8, 4) is 0 Å². The molecule has 2 amide bonds.